The fraction of sp³-hybridized carbons (Fsp3) is 0.429. The van der Waals surface area contributed by atoms with Crippen LogP contribution in [0.3, 0.4) is 0 Å². The van der Waals surface area contributed by atoms with Gasteiger partial charge in [-0.3, -0.25) is 4.79 Å². The summed E-state index contributed by atoms with van der Waals surface area (Å²) in [5, 5.41) is 2.95. The number of carbonyl (C=O) groups excluding carboxylic acids is 1. The molecule has 0 radical (unpaired) electrons. The number of piperidine rings is 1. The number of hydrogen-bond donors (Lipinski definition) is 1. The van der Waals surface area contributed by atoms with Crippen molar-refractivity contribution in [3.05, 3.63) is 48.2 Å². The Hall–Kier alpha value is -2.64. The molecule has 1 aromatic carbocycles. The molecule has 2 saturated heterocycles. The van der Waals surface area contributed by atoms with E-state index in [1.165, 1.54) is 0 Å². The zero-order valence-electron chi connectivity index (χ0n) is 16.4. The molecule has 2 aliphatic rings. The Morgan fingerprint density at radius 3 is 2.43 bits per heavy atom. The van der Waals surface area contributed by atoms with Gasteiger partial charge in [-0.15, -0.1) is 0 Å². The molecule has 4 rings (SSSR count). The molecule has 2 aromatic rings. The van der Waals surface area contributed by atoms with E-state index in [1.54, 1.807) is 12.3 Å². The Morgan fingerprint density at radius 1 is 1.11 bits per heavy atom. The van der Waals surface area contributed by atoms with Gasteiger partial charge in [0.25, 0.3) is 5.91 Å². The van der Waals surface area contributed by atoms with Gasteiger partial charge in [-0.05, 0) is 36.4 Å². The number of benzene rings is 1. The average molecular weight is 382 g/mol. The van der Waals surface area contributed by atoms with Crippen molar-refractivity contribution in [2.75, 3.05) is 55.5 Å². The van der Waals surface area contributed by atoms with Crippen LogP contribution in [0.4, 0.5) is 17.2 Å². The fourth-order valence-electron chi connectivity index (χ4n) is 3.64. The molecular formula is C21H26N4O3. The molecule has 2 fully saturated rings. The summed E-state index contributed by atoms with van der Waals surface area (Å²) in [5.74, 6) is 0.255. The van der Waals surface area contributed by atoms with Crippen molar-refractivity contribution in [1.82, 2.24) is 4.98 Å². The Bertz CT molecular complexity index is 822. The van der Waals surface area contributed by atoms with Gasteiger partial charge in [0.2, 0.25) is 0 Å². The Morgan fingerprint density at radius 2 is 1.79 bits per heavy atom. The lowest BCUT2D eigenvalue weighted by Crippen LogP contribution is -2.45. The SMILES string of the molecule is CN(C)c1ccc(NC(=O)c2ccnc(N3CCC4(CC3)OCCO4)c2)cc1. The van der Waals surface area contributed by atoms with Crippen LogP contribution in [0, 0.1) is 0 Å². The Balaban J connectivity index is 1.41. The third kappa shape index (κ3) is 3.95. The van der Waals surface area contributed by atoms with Gasteiger partial charge in [0.1, 0.15) is 5.82 Å². The van der Waals surface area contributed by atoms with E-state index in [0.717, 1.165) is 43.1 Å². The van der Waals surface area contributed by atoms with Crippen LogP contribution in [0.25, 0.3) is 0 Å². The Kier molecular flexibility index (Phi) is 5.19. The number of amides is 1. The van der Waals surface area contributed by atoms with Crippen molar-refractivity contribution >= 4 is 23.1 Å². The number of nitrogens with zero attached hydrogens (tertiary/aromatic N) is 3. The van der Waals surface area contributed by atoms with Gasteiger partial charge in [0, 0.05) is 63.2 Å². The highest BCUT2D eigenvalue weighted by Crippen LogP contribution is 2.32. The average Bonchev–Trinajstić information content (AvgIpc) is 3.17. The zero-order valence-corrected chi connectivity index (χ0v) is 16.4. The first-order valence-electron chi connectivity index (χ1n) is 9.62. The molecule has 2 aliphatic heterocycles. The summed E-state index contributed by atoms with van der Waals surface area (Å²) in [6.07, 6.45) is 3.30. The molecule has 0 unspecified atom stereocenters. The quantitative estimate of drug-likeness (QED) is 0.877. The molecule has 3 heterocycles. The number of ether oxygens (including phenoxy) is 2. The van der Waals surface area contributed by atoms with Crippen LogP contribution in [-0.2, 0) is 9.47 Å². The Labute approximate surface area is 165 Å². The maximum atomic E-state index is 12.7. The van der Waals surface area contributed by atoms with Gasteiger partial charge in [0.05, 0.1) is 13.2 Å². The van der Waals surface area contributed by atoms with Crippen molar-refractivity contribution in [3.8, 4) is 0 Å². The van der Waals surface area contributed by atoms with Crippen LogP contribution in [0.2, 0.25) is 0 Å². The van der Waals surface area contributed by atoms with E-state index in [0.29, 0.717) is 18.8 Å². The molecule has 148 valence electrons. The number of anilines is 3. The highest BCUT2D eigenvalue weighted by Gasteiger charge is 2.40. The first kappa shape index (κ1) is 18.7. The van der Waals surface area contributed by atoms with E-state index in [9.17, 15) is 4.79 Å². The smallest absolute Gasteiger partial charge is 0.255 e. The van der Waals surface area contributed by atoms with Crippen LogP contribution >= 0.6 is 0 Å². The molecule has 7 nitrogen and oxygen atoms in total. The van der Waals surface area contributed by atoms with E-state index >= 15 is 0 Å². The van der Waals surface area contributed by atoms with Crippen LogP contribution in [0.15, 0.2) is 42.6 Å². The largest absolute Gasteiger partial charge is 0.378 e. The van der Waals surface area contributed by atoms with Gasteiger partial charge < -0.3 is 24.6 Å². The normalized spacial score (nSPS) is 18.3. The molecule has 1 N–H and O–H groups in total. The monoisotopic (exact) mass is 382 g/mol. The highest BCUT2D eigenvalue weighted by molar-refractivity contribution is 6.04. The summed E-state index contributed by atoms with van der Waals surface area (Å²) in [5.41, 5.74) is 2.45. The number of carbonyl (C=O) groups is 1. The number of aromatic nitrogens is 1. The molecular weight excluding hydrogens is 356 g/mol. The minimum absolute atomic E-state index is 0.141. The molecule has 7 heteroatoms. The first-order valence-corrected chi connectivity index (χ1v) is 9.62. The van der Waals surface area contributed by atoms with Crippen LogP contribution in [0.5, 0.6) is 0 Å². The third-order valence-corrected chi connectivity index (χ3v) is 5.31. The van der Waals surface area contributed by atoms with E-state index in [1.807, 2.05) is 49.3 Å². The second kappa shape index (κ2) is 7.77. The molecule has 0 atom stereocenters. The van der Waals surface area contributed by atoms with Gasteiger partial charge >= 0.3 is 0 Å². The predicted molar refractivity (Wildman–Crippen MR) is 109 cm³/mol. The van der Waals surface area contributed by atoms with Crippen LogP contribution in [-0.4, -0.2) is 57.1 Å². The second-order valence-corrected chi connectivity index (χ2v) is 7.39. The van der Waals surface area contributed by atoms with Gasteiger partial charge in [-0.25, -0.2) is 4.98 Å². The summed E-state index contributed by atoms with van der Waals surface area (Å²) >= 11 is 0. The maximum absolute atomic E-state index is 12.7. The highest BCUT2D eigenvalue weighted by atomic mass is 16.7. The summed E-state index contributed by atoms with van der Waals surface area (Å²) < 4.78 is 11.6. The van der Waals surface area contributed by atoms with Crippen molar-refractivity contribution in [2.24, 2.45) is 0 Å². The molecule has 0 aliphatic carbocycles. The second-order valence-electron chi connectivity index (χ2n) is 7.39. The van der Waals surface area contributed by atoms with E-state index in [2.05, 4.69) is 15.2 Å². The van der Waals surface area contributed by atoms with Crippen LogP contribution < -0.4 is 15.1 Å². The van der Waals surface area contributed by atoms with Gasteiger partial charge in [-0.2, -0.15) is 0 Å². The standard InChI is InChI=1S/C21H26N4O3/c1-24(2)18-5-3-17(4-6-18)23-20(26)16-7-10-22-19(15-16)25-11-8-21(9-12-25)27-13-14-28-21/h3-7,10,15H,8-9,11-14H2,1-2H3,(H,23,26). The molecule has 1 spiro atoms. The first-order chi connectivity index (χ1) is 13.5. The molecule has 0 bridgehead atoms. The van der Waals surface area contributed by atoms with E-state index in [-0.39, 0.29) is 5.91 Å². The molecule has 0 saturated carbocycles. The van der Waals surface area contributed by atoms with Crippen molar-refractivity contribution in [2.45, 2.75) is 18.6 Å². The predicted octanol–water partition coefficient (Wildman–Crippen LogP) is 2.74. The van der Waals surface area contributed by atoms with Gasteiger partial charge in [0.15, 0.2) is 5.79 Å². The zero-order chi connectivity index (χ0) is 19.6. The number of hydrogen-bond acceptors (Lipinski definition) is 6. The lowest BCUT2D eigenvalue weighted by molar-refractivity contribution is -0.169. The lowest BCUT2D eigenvalue weighted by Gasteiger charge is -2.38. The molecule has 28 heavy (non-hydrogen) atoms. The van der Waals surface area contributed by atoms with Crippen LogP contribution in [0.1, 0.15) is 23.2 Å². The summed E-state index contributed by atoms with van der Waals surface area (Å²) in [6.45, 7) is 2.93. The van der Waals surface area contributed by atoms with Gasteiger partial charge in [-0.1, -0.05) is 0 Å². The maximum Gasteiger partial charge on any atom is 0.255 e. The number of rotatable bonds is 4. The number of pyridine rings is 1. The molecule has 1 amide bonds. The number of nitrogens with one attached hydrogen (secondary N) is 1. The topological polar surface area (TPSA) is 66.9 Å². The molecule has 1 aromatic heterocycles. The minimum Gasteiger partial charge on any atom is -0.378 e. The van der Waals surface area contributed by atoms with Crippen molar-refractivity contribution in [3.63, 3.8) is 0 Å². The fourth-order valence-corrected chi connectivity index (χ4v) is 3.64. The minimum atomic E-state index is -0.412. The summed E-state index contributed by atoms with van der Waals surface area (Å²) in [4.78, 5) is 21.3. The summed E-state index contributed by atoms with van der Waals surface area (Å²) in [6, 6.07) is 11.3. The summed E-state index contributed by atoms with van der Waals surface area (Å²) in [7, 11) is 3.97. The van der Waals surface area contributed by atoms with Crippen molar-refractivity contribution < 1.29 is 14.3 Å². The third-order valence-electron chi connectivity index (χ3n) is 5.31. The van der Waals surface area contributed by atoms with E-state index in [4.69, 9.17) is 9.47 Å². The lowest BCUT2D eigenvalue weighted by atomic mass is 10.0. The van der Waals surface area contributed by atoms with Crippen molar-refractivity contribution in [1.29, 1.82) is 0 Å². The van der Waals surface area contributed by atoms with E-state index < -0.39 is 5.79 Å².